The van der Waals surface area contributed by atoms with Crippen LogP contribution in [0.5, 0.6) is 17.2 Å². The van der Waals surface area contributed by atoms with Crippen LogP contribution in [-0.2, 0) is 6.54 Å². The van der Waals surface area contributed by atoms with Gasteiger partial charge in [-0.15, -0.1) is 6.58 Å². The summed E-state index contributed by atoms with van der Waals surface area (Å²) in [7, 11) is 4.75. The molecule has 110 valence electrons. The lowest BCUT2D eigenvalue weighted by atomic mass is 10.2. The topological polar surface area (TPSA) is 51.8 Å². The molecule has 0 aliphatic carbocycles. The summed E-state index contributed by atoms with van der Waals surface area (Å²) in [6.07, 6.45) is 1.74. The number of methoxy groups -OCH3 is 3. The van der Waals surface area contributed by atoms with Crippen molar-refractivity contribution < 1.29 is 14.2 Å². The largest absolute Gasteiger partial charge is 0.493 e. The molecular weight excluding hydrogens is 276 g/mol. The van der Waals surface area contributed by atoms with E-state index in [1.807, 2.05) is 12.1 Å². The van der Waals surface area contributed by atoms with Crippen molar-refractivity contribution in [2.75, 3.05) is 27.9 Å². The van der Waals surface area contributed by atoms with Crippen molar-refractivity contribution in [3.05, 3.63) is 30.4 Å². The summed E-state index contributed by atoms with van der Waals surface area (Å²) in [6, 6.07) is 3.76. The van der Waals surface area contributed by atoms with Gasteiger partial charge in [0.2, 0.25) is 5.75 Å². The van der Waals surface area contributed by atoms with Crippen molar-refractivity contribution in [1.82, 2.24) is 10.6 Å². The summed E-state index contributed by atoms with van der Waals surface area (Å²) < 4.78 is 15.9. The third-order valence-electron chi connectivity index (χ3n) is 2.58. The highest BCUT2D eigenvalue weighted by molar-refractivity contribution is 7.80. The maximum Gasteiger partial charge on any atom is 0.203 e. The van der Waals surface area contributed by atoms with Gasteiger partial charge in [0.25, 0.3) is 0 Å². The molecule has 0 atom stereocenters. The average molecular weight is 296 g/mol. The Morgan fingerprint density at radius 1 is 1.15 bits per heavy atom. The van der Waals surface area contributed by atoms with Crippen LogP contribution in [0.15, 0.2) is 24.8 Å². The van der Waals surface area contributed by atoms with Crippen LogP contribution < -0.4 is 24.8 Å². The summed E-state index contributed by atoms with van der Waals surface area (Å²) in [5.74, 6) is 1.81. The number of hydrogen-bond acceptors (Lipinski definition) is 4. The fraction of sp³-hybridized carbons (Fsp3) is 0.357. The van der Waals surface area contributed by atoms with Crippen molar-refractivity contribution in [2.24, 2.45) is 0 Å². The molecule has 0 saturated carbocycles. The summed E-state index contributed by atoms with van der Waals surface area (Å²) in [4.78, 5) is 0. The molecule has 0 aromatic heterocycles. The first-order valence-corrected chi connectivity index (χ1v) is 6.48. The van der Waals surface area contributed by atoms with Crippen LogP contribution in [0, 0.1) is 0 Å². The predicted molar refractivity (Wildman–Crippen MR) is 83.7 cm³/mol. The third-order valence-corrected chi connectivity index (χ3v) is 2.87. The number of benzene rings is 1. The second-order valence-corrected chi connectivity index (χ2v) is 4.29. The zero-order chi connectivity index (χ0) is 15.0. The Balaban J connectivity index is 2.80. The fourth-order valence-electron chi connectivity index (χ4n) is 1.65. The molecule has 0 saturated heterocycles. The van der Waals surface area contributed by atoms with E-state index >= 15 is 0 Å². The minimum Gasteiger partial charge on any atom is -0.493 e. The predicted octanol–water partition coefficient (Wildman–Crippen LogP) is 1.86. The van der Waals surface area contributed by atoms with Crippen LogP contribution in [-0.4, -0.2) is 33.0 Å². The van der Waals surface area contributed by atoms with E-state index < -0.39 is 0 Å². The molecule has 5 nitrogen and oxygen atoms in total. The molecule has 6 heteroatoms. The first-order chi connectivity index (χ1) is 9.65. The molecule has 0 fully saturated rings. The third kappa shape index (κ3) is 4.31. The van der Waals surface area contributed by atoms with Gasteiger partial charge in [-0.05, 0) is 29.9 Å². The number of nitrogens with one attached hydrogen (secondary N) is 2. The molecule has 0 heterocycles. The molecule has 0 bridgehead atoms. The van der Waals surface area contributed by atoms with E-state index in [2.05, 4.69) is 17.2 Å². The number of hydrogen-bond donors (Lipinski definition) is 2. The first kappa shape index (κ1) is 16.1. The standard InChI is InChI=1S/C14H20N2O3S/c1-5-6-15-14(20)16-9-10-7-11(17-2)13(19-4)12(8-10)18-3/h5,7-8H,1,6,9H2,2-4H3,(H2,15,16,20). The smallest absolute Gasteiger partial charge is 0.203 e. The highest BCUT2D eigenvalue weighted by atomic mass is 32.1. The van der Waals surface area contributed by atoms with E-state index in [-0.39, 0.29) is 0 Å². The number of ether oxygens (including phenoxy) is 3. The second-order valence-electron chi connectivity index (χ2n) is 3.89. The monoisotopic (exact) mass is 296 g/mol. The molecule has 1 aromatic carbocycles. The second kappa shape index (κ2) is 8.27. The summed E-state index contributed by atoms with van der Waals surface area (Å²) in [5.41, 5.74) is 0.974. The molecule has 20 heavy (non-hydrogen) atoms. The van der Waals surface area contributed by atoms with E-state index in [0.717, 1.165) is 5.56 Å². The van der Waals surface area contributed by atoms with Gasteiger partial charge in [-0.1, -0.05) is 6.08 Å². The van der Waals surface area contributed by atoms with Crippen LogP contribution in [0.2, 0.25) is 0 Å². The number of thiocarbonyl (C=S) groups is 1. The Bertz CT molecular complexity index is 452. The Hall–Kier alpha value is -1.95. The normalized spacial score (nSPS) is 9.55. The minimum atomic E-state index is 0.555. The Kier molecular flexibility index (Phi) is 6.66. The summed E-state index contributed by atoms with van der Waals surface area (Å²) in [5, 5.41) is 6.66. The lowest BCUT2D eigenvalue weighted by molar-refractivity contribution is 0.323. The number of rotatable bonds is 7. The maximum absolute atomic E-state index is 5.30. The van der Waals surface area contributed by atoms with Gasteiger partial charge in [-0.3, -0.25) is 0 Å². The molecular formula is C14H20N2O3S. The zero-order valence-electron chi connectivity index (χ0n) is 12.0. The quantitative estimate of drug-likeness (QED) is 0.592. The molecule has 0 aliphatic heterocycles. The van der Waals surface area contributed by atoms with Crippen molar-refractivity contribution in [3.63, 3.8) is 0 Å². The van der Waals surface area contributed by atoms with E-state index in [0.29, 0.717) is 35.5 Å². The molecule has 0 aliphatic rings. The van der Waals surface area contributed by atoms with Crippen molar-refractivity contribution >= 4 is 17.3 Å². The van der Waals surface area contributed by atoms with Gasteiger partial charge in [-0.25, -0.2) is 0 Å². The molecule has 1 aromatic rings. The van der Waals surface area contributed by atoms with Crippen molar-refractivity contribution in [2.45, 2.75) is 6.54 Å². The minimum absolute atomic E-state index is 0.555. The van der Waals surface area contributed by atoms with E-state index in [1.54, 1.807) is 27.4 Å². The Morgan fingerprint density at radius 3 is 2.20 bits per heavy atom. The highest BCUT2D eigenvalue weighted by Crippen LogP contribution is 2.38. The first-order valence-electron chi connectivity index (χ1n) is 6.07. The Morgan fingerprint density at radius 2 is 1.75 bits per heavy atom. The lowest BCUT2D eigenvalue weighted by Crippen LogP contribution is -2.34. The van der Waals surface area contributed by atoms with E-state index in [1.165, 1.54) is 0 Å². The SMILES string of the molecule is C=CCNC(=S)NCc1cc(OC)c(OC)c(OC)c1. The Labute approximate surface area is 124 Å². The molecule has 2 N–H and O–H groups in total. The molecule has 0 spiro atoms. The van der Waals surface area contributed by atoms with Crippen LogP contribution in [0.1, 0.15) is 5.56 Å². The molecule has 0 radical (unpaired) electrons. The van der Waals surface area contributed by atoms with Gasteiger partial charge >= 0.3 is 0 Å². The molecule has 0 amide bonds. The van der Waals surface area contributed by atoms with Gasteiger partial charge in [-0.2, -0.15) is 0 Å². The van der Waals surface area contributed by atoms with Crippen molar-refractivity contribution in [1.29, 1.82) is 0 Å². The van der Waals surface area contributed by atoms with Gasteiger partial charge in [0.15, 0.2) is 16.6 Å². The fourth-order valence-corrected chi connectivity index (χ4v) is 1.80. The van der Waals surface area contributed by atoms with Gasteiger partial charge in [0.1, 0.15) is 0 Å². The van der Waals surface area contributed by atoms with Crippen LogP contribution in [0.25, 0.3) is 0 Å². The summed E-state index contributed by atoms with van der Waals surface area (Å²) in [6.45, 7) is 4.80. The molecule has 1 rings (SSSR count). The van der Waals surface area contributed by atoms with Crippen LogP contribution >= 0.6 is 12.2 Å². The molecule has 0 unspecified atom stereocenters. The zero-order valence-corrected chi connectivity index (χ0v) is 12.8. The van der Waals surface area contributed by atoms with E-state index in [9.17, 15) is 0 Å². The maximum atomic E-state index is 5.30. The van der Waals surface area contributed by atoms with Gasteiger partial charge in [0.05, 0.1) is 21.3 Å². The highest BCUT2D eigenvalue weighted by Gasteiger charge is 2.13. The van der Waals surface area contributed by atoms with Crippen LogP contribution in [0.4, 0.5) is 0 Å². The van der Waals surface area contributed by atoms with Gasteiger partial charge in [0, 0.05) is 13.1 Å². The van der Waals surface area contributed by atoms with Crippen LogP contribution in [0.3, 0.4) is 0 Å². The summed E-state index contributed by atoms with van der Waals surface area (Å²) >= 11 is 5.13. The van der Waals surface area contributed by atoms with Crippen molar-refractivity contribution in [3.8, 4) is 17.2 Å². The van der Waals surface area contributed by atoms with E-state index in [4.69, 9.17) is 26.4 Å². The van der Waals surface area contributed by atoms with Gasteiger partial charge < -0.3 is 24.8 Å². The average Bonchev–Trinajstić information content (AvgIpc) is 2.49. The lowest BCUT2D eigenvalue weighted by Gasteiger charge is -2.15.